The van der Waals surface area contributed by atoms with Crippen LogP contribution in [0.5, 0.6) is 0 Å². The van der Waals surface area contributed by atoms with Gasteiger partial charge < -0.3 is 9.67 Å². The summed E-state index contributed by atoms with van der Waals surface area (Å²) >= 11 is 0. The van der Waals surface area contributed by atoms with Crippen LogP contribution in [0.25, 0.3) is 0 Å². The monoisotopic (exact) mass is 273 g/mol. The Morgan fingerprint density at radius 2 is 2.10 bits per heavy atom. The van der Waals surface area contributed by atoms with Crippen LogP contribution in [0.4, 0.5) is 0 Å². The van der Waals surface area contributed by atoms with Gasteiger partial charge in [0.15, 0.2) is 0 Å². The lowest BCUT2D eigenvalue weighted by Gasteiger charge is -2.21. The second-order valence-electron chi connectivity index (χ2n) is 4.89. The molecule has 0 aliphatic carbocycles. The van der Waals surface area contributed by atoms with Gasteiger partial charge in [0.2, 0.25) is 0 Å². The third-order valence-electron chi connectivity index (χ3n) is 3.41. The molecule has 1 aromatic heterocycles. The fourth-order valence-corrected chi connectivity index (χ4v) is 1.96. The zero-order valence-corrected chi connectivity index (χ0v) is 11.7. The summed E-state index contributed by atoms with van der Waals surface area (Å²) in [7, 11) is 1.79. The number of hydrogen-bond acceptors (Lipinski definition) is 3. The molecule has 20 heavy (non-hydrogen) atoms. The number of benzene rings is 1. The Kier molecular flexibility index (Phi) is 4.53. The number of aromatic nitrogens is 2. The Morgan fingerprint density at radius 1 is 1.40 bits per heavy atom. The van der Waals surface area contributed by atoms with Crippen LogP contribution in [0.2, 0.25) is 0 Å². The molecular formula is C15H19N3O2. The maximum absolute atomic E-state index is 11.0. The predicted molar refractivity (Wildman–Crippen MR) is 76.3 cm³/mol. The first kappa shape index (κ1) is 14.3. The maximum atomic E-state index is 11.0. The second-order valence-corrected chi connectivity index (χ2v) is 4.89. The number of aliphatic carboxylic acids is 1. The Labute approximate surface area is 118 Å². The summed E-state index contributed by atoms with van der Waals surface area (Å²) in [6.07, 6.45) is 3.67. The van der Waals surface area contributed by atoms with Gasteiger partial charge in [0.1, 0.15) is 11.9 Å². The molecule has 0 aliphatic heterocycles. The quantitative estimate of drug-likeness (QED) is 0.872. The van der Waals surface area contributed by atoms with Crippen LogP contribution in [0, 0.1) is 0 Å². The molecule has 1 heterocycles. The molecule has 2 rings (SSSR count). The molecule has 0 amide bonds. The van der Waals surface area contributed by atoms with E-state index >= 15 is 0 Å². The average molecular weight is 273 g/mol. The number of likely N-dealkylation sites (N-methyl/N-ethyl adjacent to an activating group) is 1. The smallest absolute Gasteiger partial charge is 0.320 e. The zero-order chi connectivity index (χ0) is 14.5. The normalized spacial score (nSPS) is 12.6. The van der Waals surface area contributed by atoms with Crippen LogP contribution >= 0.6 is 0 Å². The fourth-order valence-electron chi connectivity index (χ4n) is 1.96. The number of imidazole rings is 1. The highest BCUT2D eigenvalue weighted by molar-refractivity contribution is 5.72. The van der Waals surface area contributed by atoms with E-state index in [0.29, 0.717) is 6.54 Å². The second kappa shape index (κ2) is 6.34. The highest BCUT2D eigenvalue weighted by Gasteiger charge is 2.18. The summed E-state index contributed by atoms with van der Waals surface area (Å²) in [5.41, 5.74) is 1.20. The van der Waals surface area contributed by atoms with Gasteiger partial charge in [-0.2, -0.15) is 0 Å². The van der Waals surface area contributed by atoms with Crippen molar-refractivity contribution < 1.29 is 9.90 Å². The zero-order valence-electron chi connectivity index (χ0n) is 11.7. The first-order valence-corrected chi connectivity index (χ1v) is 6.55. The van der Waals surface area contributed by atoms with E-state index in [9.17, 15) is 4.79 Å². The highest BCUT2D eigenvalue weighted by Crippen LogP contribution is 2.09. The van der Waals surface area contributed by atoms with Gasteiger partial charge in [0.25, 0.3) is 0 Å². The molecule has 1 atom stereocenters. The summed E-state index contributed by atoms with van der Waals surface area (Å²) in [5, 5.41) is 9.02. The van der Waals surface area contributed by atoms with Crippen molar-refractivity contribution in [2.45, 2.75) is 26.1 Å². The molecular weight excluding hydrogens is 254 g/mol. The van der Waals surface area contributed by atoms with E-state index in [1.807, 2.05) is 29.0 Å². The average Bonchev–Trinajstić information content (AvgIpc) is 2.86. The summed E-state index contributed by atoms with van der Waals surface area (Å²) in [4.78, 5) is 17.1. The molecule has 0 unspecified atom stereocenters. The lowest BCUT2D eigenvalue weighted by Crippen LogP contribution is -2.36. The van der Waals surface area contributed by atoms with E-state index in [4.69, 9.17) is 5.11 Å². The van der Waals surface area contributed by atoms with Crippen molar-refractivity contribution in [1.29, 1.82) is 0 Å². The van der Waals surface area contributed by atoms with E-state index in [0.717, 1.165) is 12.4 Å². The van der Waals surface area contributed by atoms with E-state index in [1.54, 1.807) is 25.1 Å². The Bertz CT molecular complexity index is 566. The van der Waals surface area contributed by atoms with Crippen molar-refractivity contribution in [3.8, 4) is 0 Å². The van der Waals surface area contributed by atoms with Crippen molar-refractivity contribution in [3.05, 3.63) is 54.1 Å². The van der Waals surface area contributed by atoms with Crippen LogP contribution < -0.4 is 0 Å². The molecule has 2 aromatic rings. The molecule has 1 aromatic carbocycles. The standard InChI is InChI=1S/C15H19N3O2/c1-12(15(19)20)17(2)11-14-16-8-9-18(14)10-13-6-4-3-5-7-13/h3-9,12H,10-11H2,1-2H3,(H,19,20)/t12-/m1/s1. The van der Waals surface area contributed by atoms with Crippen LogP contribution in [0.15, 0.2) is 42.7 Å². The van der Waals surface area contributed by atoms with Crippen LogP contribution in [0.3, 0.4) is 0 Å². The summed E-state index contributed by atoms with van der Waals surface area (Å²) < 4.78 is 2.04. The van der Waals surface area contributed by atoms with Crippen molar-refractivity contribution in [2.24, 2.45) is 0 Å². The maximum Gasteiger partial charge on any atom is 0.320 e. The molecule has 0 bridgehead atoms. The van der Waals surface area contributed by atoms with Gasteiger partial charge in [-0.15, -0.1) is 0 Å². The number of nitrogens with zero attached hydrogens (tertiary/aromatic N) is 3. The summed E-state index contributed by atoms with van der Waals surface area (Å²) in [6.45, 7) is 2.92. The number of hydrogen-bond donors (Lipinski definition) is 1. The lowest BCUT2D eigenvalue weighted by atomic mass is 10.2. The molecule has 0 spiro atoms. The Hall–Kier alpha value is -2.14. The minimum atomic E-state index is -0.825. The van der Waals surface area contributed by atoms with Crippen molar-refractivity contribution in [2.75, 3.05) is 7.05 Å². The van der Waals surface area contributed by atoms with Gasteiger partial charge >= 0.3 is 5.97 Å². The molecule has 0 fully saturated rings. The largest absolute Gasteiger partial charge is 0.480 e. The van der Waals surface area contributed by atoms with E-state index in [2.05, 4.69) is 17.1 Å². The minimum absolute atomic E-state index is 0.507. The molecule has 1 N–H and O–H groups in total. The van der Waals surface area contributed by atoms with Crippen LogP contribution in [-0.4, -0.2) is 38.6 Å². The van der Waals surface area contributed by atoms with E-state index in [1.165, 1.54) is 5.56 Å². The van der Waals surface area contributed by atoms with Gasteiger partial charge in [0.05, 0.1) is 6.54 Å². The molecule has 106 valence electrons. The number of carboxylic acid groups (broad SMARTS) is 1. The summed E-state index contributed by atoms with van der Waals surface area (Å²) in [6, 6.07) is 9.59. The van der Waals surface area contributed by atoms with Crippen molar-refractivity contribution in [3.63, 3.8) is 0 Å². The lowest BCUT2D eigenvalue weighted by molar-refractivity contribution is -0.142. The van der Waals surface area contributed by atoms with E-state index in [-0.39, 0.29) is 0 Å². The van der Waals surface area contributed by atoms with Gasteiger partial charge in [-0.05, 0) is 19.5 Å². The molecule has 0 aliphatic rings. The third kappa shape index (κ3) is 3.45. The van der Waals surface area contributed by atoms with Crippen LogP contribution in [0.1, 0.15) is 18.3 Å². The Balaban J connectivity index is 2.07. The van der Waals surface area contributed by atoms with Crippen molar-refractivity contribution in [1.82, 2.24) is 14.5 Å². The summed E-state index contributed by atoms with van der Waals surface area (Å²) in [5.74, 6) is 0.0399. The predicted octanol–water partition coefficient (Wildman–Crippen LogP) is 1.84. The third-order valence-corrected chi connectivity index (χ3v) is 3.41. The molecule has 5 heteroatoms. The van der Waals surface area contributed by atoms with E-state index < -0.39 is 12.0 Å². The molecule has 0 radical (unpaired) electrons. The number of carbonyl (C=O) groups is 1. The number of rotatable bonds is 6. The first-order chi connectivity index (χ1) is 9.58. The highest BCUT2D eigenvalue weighted by atomic mass is 16.4. The van der Waals surface area contributed by atoms with Crippen LogP contribution in [-0.2, 0) is 17.9 Å². The Morgan fingerprint density at radius 3 is 2.75 bits per heavy atom. The SMILES string of the molecule is C[C@H](C(=O)O)N(C)Cc1nccn1Cc1ccccc1. The topological polar surface area (TPSA) is 58.4 Å². The minimum Gasteiger partial charge on any atom is -0.480 e. The van der Waals surface area contributed by atoms with Gasteiger partial charge in [-0.25, -0.2) is 4.98 Å². The van der Waals surface area contributed by atoms with Gasteiger partial charge in [-0.1, -0.05) is 30.3 Å². The molecule has 5 nitrogen and oxygen atoms in total. The molecule has 0 saturated heterocycles. The molecule has 0 saturated carbocycles. The number of carboxylic acids is 1. The van der Waals surface area contributed by atoms with Gasteiger partial charge in [-0.3, -0.25) is 9.69 Å². The first-order valence-electron chi connectivity index (χ1n) is 6.55. The van der Waals surface area contributed by atoms with Gasteiger partial charge in [0, 0.05) is 18.9 Å². The van der Waals surface area contributed by atoms with Crippen molar-refractivity contribution >= 4 is 5.97 Å². The fraction of sp³-hybridized carbons (Fsp3) is 0.333.